The van der Waals surface area contributed by atoms with Crippen molar-refractivity contribution in [2.75, 3.05) is 19.6 Å². The topological polar surface area (TPSA) is 15.3 Å². The zero-order valence-corrected chi connectivity index (χ0v) is 14.6. The van der Waals surface area contributed by atoms with Gasteiger partial charge in [0.15, 0.2) is 0 Å². The molecule has 0 aromatic rings. The summed E-state index contributed by atoms with van der Waals surface area (Å²) in [6, 6.07) is 0.612. The SMILES string of the molecule is CCNC(CCCC(C)C)C(C)(CC)N(CC)CC. The van der Waals surface area contributed by atoms with E-state index >= 15 is 0 Å². The van der Waals surface area contributed by atoms with Crippen molar-refractivity contribution in [3.63, 3.8) is 0 Å². The second-order valence-electron chi connectivity index (χ2n) is 6.32. The zero-order valence-electron chi connectivity index (χ0n) is 14.6. The zero-order chi connectivity index (χ0) is 14.9. The average Bonchev–Trinajstić information content (AvgIpc) is 2.38. The molecule has 0 heterocycles. The number of hydrogen-bond donors (Lipinski definition) is 1. The number of nitrogens with zero attached hydrogens (tertiary/aromatic N) is 1. The predicted molar refractivity (Wildman–Crippen MR) is 87.8 cm³/mol. The van der Waals surface area contributed by atoms with Gasteiger partial charge in [-0.15, -0.1) is 0 Å². The van der Waals surface area contributed by atoms with Crippen LogP contribution < -0.4 is 5.32 Å². The Labute approximate surface area is 122 Å². The Morgan fingerprint density at radius 2 is 1.58 bits per heavy atom. The molecule has 2 nitrogen and oxygen atoms in total. The average molecular weight is 271 g/mol. The number of nitrogens with one attached hydrogen (secondary N) is 1. The fourth-order valence-electron chi connectivity index (χ4n) is 3.25. The van der Waals surface area contributed by atoms with E-state index in [2.05, 4.69) is 58.7 Å². The van der Waals surface area contributed by atoms with Gasteiger partial charge in [-0.3, -0.25) is 4.90 Å². The number of rotatable bonds is 11. The smallest absolute Gasteiger partial charge is 0.0331 e. The van der Waals surface area contributed by atoms with Crippen LogP contribution in [0.3, 0.4) is 0 Å². The summed E-state index contributed by atoms with van der Waals surface area (Å²) in [6.07, 6.45) is 5.20. The van der Waals surface area contributed by atoms with Crippen molar-refractivity contribution in [3.05, 3.63) is 0 Å². The van der Waals surface area contributed by atoms with Gasteiger partial charge >= 0.3 is 0 Å². The van der Waals surface area contributed by atoms with Gasteiger partial charge in [-0.2, -0.15) is 0 Å². The molecular formula is C17H38N2. The van der Waals surface area contributed by atoms with Gasteiger partial charge in [0.25, 0.3) is 0 Å². The third-order valence-electron chi connectivity index (χ3n) is 4.68. The monoisotopic (exact) mass is 270 g/mol. The maximum atomic E-state index is 3.76. The van der Waals surface area contributed by atoms with Crippen molar-refractivity contribution in [3.8, 4) is 0 Å². The molecule has 0 bridgehead atoms. The summed E-state index contributed by atoms with van der Waals surface area (Å²) >= 11 is 0. The quantitative estimate of drug-likeness (QED) is 0.602. The molecule has 2 atom stereocenters. The maximum absolute atomic E-state index is 3.76. The lowest BCUT2D eigenvalue weighted by Crippen LogP contribution is -2.59. The highest BCUT2D eigenvalue weighted by Crippen LogP contribution is 2.27. The molecule has 0 rings (SSSR count). The van der Waals surface area contributed by atoms with E-state index in [0.717, 1.165) is 25.6 Å². The van der Waals surface area contributed by atoms with Gasteiger partial charge in [0.1, 0.15) is 0 Å². The second-order valence-corrected chi connectivity index (χ2v) is 6.32. The Morgan fingerprint density at radius 3 is 1.95 bits per heavy atom. The van der Waals surface area contributed by atoms with Crippen LogP contribution in [-0.4, -0.2) is 36.1 Å². The minimum Gasteiger partial charge on any atom is -0.312 e. The number of likely N-dealkylation sites (N-methyl/N-ethyl adjacent to an activating group) is 2. The van der Waals surface area contributed by atoms with Crippen molar-refractivity contribution in [2.45, 2.75) is 85.7 Å². The fourth-order valence-corrected chi connectivity index (χ4v) is 3.25. The second kappa shape index (κ2) is 9.77. The summed E-state index contributed by atoms with van der Waals surface area (Å²) in [5.41, 5.74) is 0.288. The molecule has 0 fully saturated rings. The van der Waals surface area contributed by atoms with Crippen LogP contribution in [0, 0.1) is 5.92 Å². The van der Waals surface area contributed by atoms with Gasteiger partial charge in [0.2, 0.25) is 0 Å². The highest BCUT2D eigenvalue weighted by Gasteiger charge is 2.35. The summed E-state index contributed by atoms with van der Waals surface area (Å²) in [7, 11) is 0. The lowest BCUT2D eigenvalue weighted by atomic mass is 9.83. The summed E-state index contributed by atoms with van der Waals surface area (Å²) < 4.78 is 0. The van der Waals surface area contributed by atoms with Crippen molar-refractivity contribution >= 4 is 0 Å². The van der Waals surface area contributed by atoms with Gasteiger partial charge in [-0.1, -0.05) is 54.4 Å². The Bertz CT molecular complexity index is 211. The molecule has 2 heteroatoms. The van der Waals surface area contributed by atoms with E-state index in [-0.39, 0.29) is 5.54 Å². The van der Waals surface area contributed by atoms with Gasteiger partial charge in [-0.25, -0.2) is 0 Å². The first-order valence-electron chi connectivity index (χ1n) is 8.44. The molecule has 0 spiro atoms. The largest absolute Gasteiger partial charge is 0.312 e. The first-order valence-corrected chi connectivity index (χ1v) is 8.44. The Balaban J connectivity index is 4.76. The third kappa shape index (κ3) is 5.83. The van der Waals surface area contributed by atoms with E-state index in [9.17, 15) is 0 Å². The van der Waals surface area contributed by atoms with Crippen molar-refractivity contribution in [1.82, 2.24) is 10.2 Å². The van der Waals surface area contributed by atoms with E-state index in [0.29, 0.717) is 6.04 Å². The summed E-state index contributed by atoms with van der Waals surface area (Å²) in [6.45, 7) is 19.6. The normalized spacial score (nSPS) is 16.9. The van der Waals surface area contributed by atoms with Crippen LogP contribution >= 0.6 is 0 Å². The highest BCUT2D eigenvalue weighted by atomic mass is 15.2. The van der Waals surface area contributed by atoms with Gasteiger partial charge in [-0.05, 0) is 45.3 Å². The van der Waals surface area contributed by atoms with E-state index < -0.39 is 0 Å². The molecule has 0 aliphatic heterocycles. The molecule has 0 aliphatic rings. The molecule has 0 amide bonds. The molecule has 0 aromatic carbocycles. The Hall–Kier alpha value is -0.0800. The van der Waals surface area contributed by atoms with Crippen molar-refractivity contribution in [2.24, 2.45) is 5.92 Å². The summed E-state index contributed by atoms with van der Waals surface area (Å²) in [4.78, 5) is 2.63. The lowest BCUT2D eigenvalue weighted by Gasteiger charge is -2.46. The van der Waals surface area contributed by atoms with Crippen LogP contribution in [0.4, 0.5) is 0 Å². The first kappa shape index (κ1) is 18.9. The van der Waals surface area contributed by atoms with E-state index in [4.69, 9.17) is 0 Å². The predicted octanol–water partition coefficient (Wildman–Crippen LogP) is 4.30. The Kier molecular flexibility index (Phi) is 9.72. The first-order chi connectivity index (χ1) is 8.96. The summed E-state index contributed by atoms with van der Waals surface area (Å²) in [5, 5.41) is 3.76. The molecule has 0 aromatic heterocycles. The standard InChI is InChI=1S/C17H38N2/c1-8-17(7,19(10-3)11-4)16(18-9-2)14-12-13-15(5)6/h15-16,18H,8-14H2,1-7H3. The lowest BCUT2D eigenvalue weighted by molar-refractivity contribution is 0.0659. The molecular weight excluding hydrogens is 232 g/mol. The van der Waals surface area contributed by atoms with E-state index in [1.165, 1.54) is 25.7 Å². The maximum Gasteiger partial charge on any atom is 0.0331 e. The highest BCUT2D eigenvalue weighted by molar-refractivity contribution is 4.95. The third-order valence-corrected chi connectivity index (χ3v) is 4.68. The van der Waals surface area contributed by atoms with Crippen LogP contribution in [0.2, 0.25) is 0 Å². The number of hydrogen-bond acceptors (Lipinski definition) is 2. The van der Waals surface area contributed by atoms with Crippen molar-refractivity contribution in [1.29, 1.82) is 0 Å². The minimum atomic E-state index is 0.288. The van der Waals surface area contributed by atoms with Crippen LogP contribution in [0.25, 0.3) is 0 Å². The van der Waals surface area contributed by atoms with Gasteiger partial charge in [0, 0.05) is 11.6 Å². The van der Waals surface area contributed by atoms with Crippen LogP contribution in [0.1, 0.15) is 74.1 Å². The molecule has 116 valence electrons. The van der Waals surface area contributed by atoms with Crippen LogP contribution in [-0.2, 0) is 0 Å². The molecule has 0 saturated heterocycles. The molecule has 19 heavy (non-hydrogen) atoms. The van der Waals surface area contributed by atoms with Gasteiger partial charge in [0.05, 0.1) is 0 Å². The fraction of sp³-hybridized carbons (Fsp3) is 1.00. The molecule has 0 saturated carbocycles. The molecule has 2 unspecified atom stereocenters. The molecule has 1 N–H and O–H groups in total. The van der Waals surface area contributed by atoms with Crippen LogP contribution in [0.15, 0.2) is 0 Å². The summed E-state index contributed by atoms with van der Waals surface area (Å²) in [5.74, 6) is 0.823. The Morgan fingerprint density at radius 1 is 1.00 bits per heavy atom. The molecule has 0 aliphatic carbocycles. The van der Waals surface area contributed by atoms with Crippen LogP contribution in [0.5, 0.6) is 0 Å². The van der Waals surface area contributed by atoms with Crippen molar-refractivity contribution < 1.29 is 0 Å². The molecule has 0 radical (unpaired) electrons. The van der Waals surface area contributed by atoms with E-state index in [1.807, 2.05) is 0 Å². The van der Waals surface area contributed by atoms with Gasteiger partial charge < -0.3 is 5.32 Å². The van der Waals surface area contributed by atoms with E-state index in [1.54, 1.807) is 0 Å². The minimum absolute atomic E-state index is 0.288.